The molecule has 0 radical (unpaired) electrons. The summed E-state index contributed by atoms with van der Waals surface area (Å²) in [5.74, 6) is 0.794. The normalized spacial score (nSPS) is 27.1. The van der Waals surface area contributed by atoms with Crippen LogP contribution in [0.5, 0.6) is 0 Å². The fraction of sp³-hybridized carbons (Fsp3) is 0.625. The number of likely N-dealkylation sites (tertiary alicyclic amines) is 1. The minimum absolute atomic E-state index is 0.138. The van der Waals surface area contributed by atoms with Crippen LogP contribution in [0, 0.1) is 12.8 Å². The largest absolute Gasteiger partial charge is 0.323 e. The minimum atomic E-state index is 0.138. The van der Waals surface area contributed by atoms with Crippen molar-refractivity contribution in [3.05, 3.63) is 35.4 Å². The highest BCUT2D eigenvalue weighted by Gasteiger charge is 2.26. The Kier molecular flexibility index (Phi) is 4.41. The lowest BCUT2D eigenvalue weighted by atomic mass is 9.91. The van der Waals surface area contributed by atoms with E-state index >= 15 is 0 Å². The van der Waals surface area contributed by atoms with Gasteiger partial charge >= 0.3 is 0 Å². The standard InChI is InChI=1S/C16H26N2/c1-12-8-6-10-18(14(12)3)11-16(17)15-9-5-4-7-13(15)2/h4-5,7,9,12,14,16H,6,8,10-11,17H2,1-3H3. The van der Waals surface area contributed by atoms with Crippen molar-refractivity contribution < 1.29 is 0 Å². The van der Waals surface area contributed by atoms with Crippen LogP contribution in [0.15, 0.2) is 24.3 Å². The van der Waals surface area contributed by atoms with Gasteiger partial charge in [-0.25, -0.2) is 0 Å². The SMILES string of the molecule is Cc1ccccc1C(N)CN1CCCC(C)C1C. The Morgan fingerprint density at radius 1 is 1.33 bits per heavy atom. The predicted octanol–water partition coefficient (Wildman–Crippen LogP) is 3.12. The van der Waals surface area contributed by atoms with Gasteiger partial charge in [0.05, 0.1) is 0 Å². The molecule has 1 aliphatic heterocycles. The molecule has 2 heteroatoms. The van der Waals surface area contributed by atoms with Crippen LogP contribution in [0.2, 0.25) is 0 Å². The molecule has 1 fully saturated rings. The van der Waals surface area contributed by atoms with E-state index in [0.29, 0.717) is 6.04 Å². The maximum atomic E-state index is 6.39. The second-order valence-corrected chi connectivity index (χ2v) is 5.82. The van der Waals surface area contributed by atoms with Gasteiger partial charge in [-0.15, -0.1) is 0 Å². The summed E-state index contributed by atoms with van der Waals surface area (Å²) in [6.45, 7) is 9.03. The average Bonchev–Trinajstić information content (AvgIpc) is 2.35. The highest BCUT2D eigenvalue weighted by molar-refractivity contribution is 5.28. The second kappa shape index (κ2) is 5.85. The van der Waals surface area contributed by atoms with Crippen molar-refractivity contribution >= 4 is 0 Å². The van der Waals surface area contributed by atoms with Crippen LogP contribution in [0.4, 0.5) is 0 Å². The molecule has 2 rings (SSSR count). The molecule has 3 atom stereocenters. The van der Waals surface area contributed by atoms with Gasteiger partial charge in [0, 0.05) is 18.6 Å². The zero-order valence-corrected chi connectivity index (χ0v) is 11.9. The number of piperidine rings is 1. The molecule has 2 N–H and O–H groups in total. The topological polar surface area (TPSA) is 29.3 Å². The van der Waals surface area contributed by atoms with Gasteiger partial charge in [0.15, 0.2) is 0 Å². The van der Waals surface area contributed by atoms with Crippen LogP contribution in [0.25, 0.3) is 0 Å². The van der Waals surface area contributed by atoms with Crippen molar-refractivity contribution in [1.29, 1.82) is 0 Å². The van der Waals surface area contributed by atoms with Gasteiger partial charge in [0.1, 0.15) is 0 Å². The monoisotopic (exact) mass is 246 g/mol. The molecule has 1 saturated heterocycles. The fourth-order valence-electron chi connectivity index (χ4n) is 3.03. The van der Waals surface area contributed by atoms with E-state index in [2.05, 4.69) is 49.9 Å². The first kappa shape index (κ1) is 13.6. The smallest absolute Gasteiger partial charge is 0.0427 e. The third kappa shape index (κ3) is 2.93. The number of hydrogen-bond acceptors (Lipinski definition) is 2. The molecule has 0 bridgehead atoms. The maximum absolute atomic E-state index is 6.39. The molecule has 0 aliphatic carbocycles. The van der Waals surface area contributed by atoms with Gasteiger partial charge in [0.25, 0.3) is 0 Å². The molecule has 0 spiro atoms. The van der Waals surface area contributed by atoms with Gasteiger partial charge in [0.2, 0.25) is 0 Å². The van der Waals surface area contributed by atoms with E-state index in [0.717, 1.165) is 12.5 Å². The Hall–Kier alpha value is -0.860. The van der Waals surface area contributed by atoms with Crippen LogP contribution < -0.4 is 5.73 Å². The zero-order valence-electron chi connectivity index (χ0n) is 11.9. The maximum Gasteiger partial charge on any atom is 0.0427 e. The molecule has 3 unspecified atom stereocenters. The lowest BCUT2D eigenvalue weighted by molar-refractivity contribution is 0.107. The lowest BCUT2D eigenvalue weighted by Crippen LogP contribution is -2.45. The molecule has 0 saturated carbocycles. The first-order chi connectivity index (χ1) is 8.59. The lowest BCUT2D eigenvalue weighted by Gasteiger charge is -2.39. The summed E-state index contributed by atoms with van der Waals surface area (Å²) in [5, 5.41) is 0. The molecule has 1 aromatic carbocycles. The number of nitrogens with zero attached hydrogens (tertiary/aromatic N) is 1. The average molecular weight is 246 g/mol. The summed E-state index contributed by atoms with van der Waals surface area (Å²) in [6.07, 6.45) is 2.67. The Morgan fingerprint density at radius 2 is 2.06 bits per heavy atom. The van der Waals surface area contributed by atoms with Crippen LogP contribution in [0.3, 0.4) is 0 Å². The van der Waals surface area contributed by atoms with E-state index in [9.17, 15) is 0 Å². The summed E-state index contributed by atoms with van der Waals surface area (Å²) in [5.41, 5.74) is 9.00. The number of rotatable bonds is 3. The number of nitrogens with two attached hydrogens (primary N) is 1. The first-order valence-corrected chi connectivity index (χ1v) is 7.14. The molecule has 1 aromatic rings. The van der Waals surface area contributed by atoms with E-state index < -0.39 is 0 Å². The Bertz CT molecular complexity index is 388. The van der Waals surface area contributed by atoms with E-state index in [-0.39, 0.29) is 6.04 Å². The van der Waals surface area contributed by atoms with Crippen molar-refractivity contribution in [2.24, 2.45) is 11.7 Å². The van der Waals surface area contributed by atoms with Gasteiger partial charge in [-0.1, -0.05) is 31.2 Å². The summed E-state index contributed by atoms with van der Waals surface area (Å²) in [4.78, 5) is 2.56. The summed E-state index contributed by atoms with van der Waals surface area (Å²) in [7, 11) is 0. The Balaban J connectivity index is 2.03. The minimum Gasteiger partial charge on any atom is -0.323 e. The third-order valence-corrected chi connectivity index (χ3v) is 4.52. The Labute approximate surface area is 111 Å². The van der Waals surface area contributed by atoms with Crippen molar-refractivity contribution in [3.8, 4) is 0 Å². The molecule has 1 heterocycles. The molecular formula is C16H26N2. The van der Waals surface area contributed by atoms with E-state index in [4.69, 9.17) is 5.73 Å². The van der Waals surface area contributed by atoms with Crippen LogP contribution >= 0.6 is 0 Å². The van der Waals surface area contributed by atoms with Crippen LogP contribution in [-0.2, 0) is 0 Å². The van der Waals surface area contributed by atoms with Gasteiger partial charge in [-0.05, 0) is 50.3 Å². The first-order valence-electron chi connectivity index (χ1n) is 7.14. The highest BCUT2D eigenvalue weighted by Crippen LogP contribution is 2.25. The fourth-order valence-corrected chi connectivity index (χ4v) is 3.03. The van der Waals surface area contributed by atoms with E-state index in [1.807, 2.05) is 0 Å². The number of aryl methyl sites for hydroxylation is 1. The van der Waals surface area contributed by atoms with Crippen molar-refractivity contribution in [2.45, 2.75) is 45.7 Å². The molecule has 0 aromatic heterocycles. The van der Waals surface area contributed by atoms with Crippen molar-refractivity contribution in [3.63, 3.8) is 0 Å². The summed E-state index contributed by atoms with van der Waals surface area (Å²) in [6, 6.07) is 9.28. The van der Waals surface area contributed by atoms with Gasteiger partial charge in [-0.3, -0.25) is 4.90 Å². The second-order valence-electron chi connectivity index (χ2n) is 5.82. The molecule has 2 nitrogen and oxygen atoms in total. The molecule has 100 valence electrons. The molecule has 18 heavy (non-hydrogen) atoms. The summed E-state index contributed by atoms with van der Waals surface area (Å²) >= 11 is 0. The molecular weight excluding hydrogens is 220 g/mol. The highest BCUT2D eigenvalue weighted by atomic mass is 15.2. The molecule has 1 aliphatic rings. The van der Waals surface area contributed by atoms with E-state index in [1.165, 1.54) is 30.5 Å². The van der Waals surface area contributed by atoms with Gasteiger partial charge in [-0.2, -0.15) is 0 Å². The summed E-state index contributed by atoms with van der Waals surface area (Å²) < 4.78 is 0. The van der Waals surface area contributed by atoms with Crippen molar-refractivity contribution in [1.82, 2.24) is 4.90 Å². The number of benzene rings is 1. The van der Waals surface area contributed by atoms with E-state index in [1.54, 1.807) is 0 Å². The Morgan fingerprint density at radius 3 is 2.78 bits per heavy atom. The number of hydrogen-bond donors (Lipinski definition) is 1. The van der Waals surface area contributed by atoms with Crippen LogP contribution in [0.1, 0.15) is 43.9 Å². The quantitative estimate of drug-likeness (QED) is 0.888. The van der Waals surface area contributed by atoms with Crippen LogP contribution in [-0.4, -0.2) is 24.0 Å². The third-order valence-electron chi connectivity index (χ3n) is 4.52. The zero-order chi connectivity index (χ0) is 13.1. The molecule has 0 amide bonds. The van der Waals surface area contributed by atoms with Crippen molar-refractivity contribution in [2.75, 3.05) is 13.1 Å². The van der Waals surface area contributed by atoms with Gasteiger partial charge < -0.3 is 5.73 Å². The predicted molar refractivity (Wildman–Crippen MR) is 77.5 cm³/mol.